The van der Waals surface area contributed by atoms with E-state index in [0.717, 1.165) is 12.8 Å². The maximum atomic E-state index is 12.5. The summed E-state index contributed by atoms with van der Waals surface area (Å²) >= 11 is 2.68. The normalized spacial score (nSPS) is 14.5. The van der Waals surface area contributed by atoms with E-state index in [0.29, 0.717) is 27.3 Å². The van der Waals surface area contributed by atoms with Gasteiger partial charge in [-0.15, -0.1) is 10.2 Å². The molecule has 0 radical (unpaired) electrons. The minimum Gasteiger partial charge on any atom is -0.495 e. The monoisotopic (exact) mass is 406 g/mol. The highest BCUT2D eigenvalue weighted by atomic mass is 32.2. The largest absolute Gasteiger partial charge is 0.495 e. The highest BCUT2D eigenvalue weighted by Crippen LogP contribution is 2.37. The van der Waals surface area contributed by atoms with Crippen molar-refractivity contribution in [2.24, 2.45) is 0 Å². The summed E-state index contributed by atoms with van der Waals surface area (Å²) < 4.78 is 5.92. The second kappa shape index (κ2) is 8.71. The zero-order chi connectivity index (χ0) is 19.4. The number of benzene rings is 1. The number of carbonyl (C=O) groups excluding carboxylic acids is 2. The molecular weight excluding hydrogens is 384 g/mol. The lowest BCUT2D eigenvalue weighted by atomic mass is 10.3. The van der Waals surface area contributed by atoms with Gasteiger partial charge < -0.3 is 10.1 Å². The highest BCUT2D eigenvalue weighted by molar-refractivity contribution is 8.02. The van der Waals surface area contributed by atoms with Crippen molar-refractivity contribution >= 4 is 45.7 Å². The molecule has 1 aliphatic rings. The van der Waals surface area contributed by atoms with Gasteiger partial charge in [-0.3, -0.25) is 14.5 Å². The van der Waals surface area contributed by atoms with Gasteiger partial charge in [0.05, 0.1) is 18.0 Å². The molecule has 0 spiro atoms. The number of methoxy groups -OCH3 is 1. The Balaban J connectivity index is 1.64. The van der Waals surface area contributed by atoms with E-state index in [1.54, 1.807) is 24.1 Å². The Labute approximate surface area is 166 Å². The predicted molar refractivity (Wildman–Crippen MR) is 108 cm³/mol. The number of rotatable bonds is 8. The first kappa shape index (κ1) is 19.6. The van der Waals surface area contributed by atoms with Crippen LogP contribution in [-0.2, 0) is 9.59 Å². The Morgan fingerprint density at radius 3 is 2.78 bits per heavy atom. The fraction of sp³-hybridized carbons (Fsp3) is 0.444. The van der Waals surface area contributed by atoms with Gasteiger partial charge in [-0.05, 0) is 31.9 Å². The van der Waals surface area contributed by atoms with E-state index in [9.17, 15) is 9.59 Å². The van der Waals surface area contributed by atoms with Crippen molar-refractivity contribution in [2.75, 3.05) is 17.3 Å². The molecule has 9 heteroatoms. The number of thioether (sulfide) groups is 1. The second-order valence-electron chi connectivity index (χ2n) is 6.15. The number of amides is 2. The van der Waals surface area contributed by atoms with Crippen LogP contribution in [0.15, 0.2) is 28.6 Å². The zero-order valence-corrected chi connectivity index (χ0v) is 17.1. The minimum atomic E-state index is -0.369. The van der Waals surface area contributed by atoms with Crippen LogP contribution in [0.4, 0.5) is 10.8 Å². The highest BCUT2D eigenvalue weighted by Gasteiger charge is 2.35. The number of nitrogens with zero attached hydrogens (tertiary/aromatic N) is 3. The number of nitrogens with one attached hydrogen (secondary N) is 1. The molecule has 1 N–H and O–H groups in total. The zero-order valence-electron chi connectivity index (χ0n) is 15.5. The Morgan fingerprint density at radius 2 is 2.11 bits per heavy atom. The first-order valence-electron chi connectivity index (χ1n) is 8.79. The van der Waals surface area contributed by atoms with Crippen molar-refractivity contribution in [1.29, 1.82) is 0 Å². The van der Waals surface area contributed by atoms with Crippen molar-refractivity contribution in [3.63, 3.8) is 0 Å². The molecular formula is C18H22N4O3S2. The Kier molecular flexibility index (Phi) is 6.33. The van der Waals surface area contributed by atoms with Crippen LogP contribution in [0.5, 0.6) is 5.75 Å². The quantitative estimate of drug-likeness (QED) is 0.533. The number of ether oxygens (including phenoxy) is 1. The molecule has 0 saturated heterocycles. The first-order chi connectivity index (χ1) is 13.0. The van der Waals surface area contributed by atoms with Crippen molar-refractivity contribution in [3.8, 4) is 5.75 Å². The first-order valence-corrected chi connectivity index (χ1v) is 10.5. The summed E-state index contributed by atoms with van der Waals surface area (Å²) in [5.74, 6) is 0.525. The van der Waals surface area contributed by atoms with E-state index < -0.39 is 0 Å². The molecule has 0 aliphatic heterocycles. The smallest absolute Gasteiger partial charge is 0.237 e. The van der Waals surface area contributed by atoms with E-state index in [2.05, 4.69) is 15.5 Å². The predicted octanol–water partition coefficient (Wildman–Crippen LogP) is 3.57. The molecule has 2 amide bonds. The van der Waals surface area contributed by atoms with Crippen LogP contribution in [-0.4, -0.2) is 40.4 Å². The average molecular weight is 407 g/mol. The molecule has 144 valence electrons. The molecule has 1 aromatic carbocycles. The molecule has 1 heterocycles. The van der Waals surface area contributed by atoms with E-state index in [4.69, 9.17) is 4.74 Å². The minimum absolute atomic E-state index is 0.0622. The number of hydrogen-bond acceptors (Lipinski definition) is 7. The maximum absolute atomic E-state index is 12.5. The lowest BCUT2D eigenvalue weighted by Gasteiger charge is -2.17. The summed E-state index contributed by atoms with van der Waals surface area (Å²) in [4.78, 5) is 26.4. The van der Waals surface area contributed by atoms with E-state index in [1.807, 2.05) is 26.0 Å². The van der Waals surface area contributed by atoms with E-state index in [-0.39, 0.29) is 23.1 Å². The number of anilines is 2. The summed E-state index contributed by atoms with van der Waals surface area (Å²) in [7, 11) is 1.56. The van der Waals surface area contributed by atoms with Crippen molar-refractivity contribution in [3.05, 3.63) is 24.3 Å². The van der Waals surface area contributed by atoms with Crippen LogP contribution < -0.4 is 15.0 Å². The summed E-state index contributed by atoms with van der Waals surface area (Å²) in [5.41, 5.74) is 0.629. The molecule has 1 saturated carbocycles. The fourth-order valence-corrected chi connectivity index (χ4v) is 4.58. The van der Waals surface area contributed by atoms with Gasteiger partial charge in [0.1, 0.15) is 5.75 Å². The van der Waals surface area contributed by atoms with Gasteiger partial charge in [-0.1, -0.05) is 42.2 Å². The third-order valence-corrected chi connectivity index (χ3v) is 6.20. The Morgan fingerprint density at radius 1 is 1.37 bits per heavy atom. The van der Waals surface area contributed by atoms with Gasteiger partial charge in [0.2, 0.25) is 16.9 Å². The molecule has 1 aliphatic carbocycles. The number of aromatic nitrogens is 2. The second-order valence-corrected chi connectivity index (χ2v) is 8.69. The van der Waals surface area contributed by atoms with Gasteiger partial charge >= 0.3 is 0 Å². The van der Waals surface area contributed by atoms with Crippen LogP contribution >= 0.6 is 23.1 Å². The third-order valence-electron chi connectivity index (χ3n) is 4.10. The fourth-order valence-electron chi connectivity index (χ4n) is 2.50. The van der Waals surface area contributed by atoms with Crippen molar-refractivity contribution in [1.82, 2.24) is 10.2 Å². The molecule has 0 bridgehead atoms. The van der Waals surface area contributed by atoms with Crippen molar-refractivity contribution in [2.45, 2.75) is 48.7 Å². The lowest BCUT2D eigenvalue weighted by Crippen LogP contribution is -2.32. The number of para-hydroxylation sites is 2. The van der Waals surface area contributed by atoms with Crippen LogP contribution in [0.1, 0.15) is 33.1 Å². The molecule has 1 fully saturated rings. The summed E-state index contributed by atoms with van der Waals surface area (Å²) in [6.07, 6.45) is 2.45. The molecule has 3 rings (SSSR count). The van der Waals surface area contributed by atoms with Crippen molar-refractivity contribution < 1.29 is 14.3 Å². The Bertz CT molecular complexity index is 822. The van der Waals surface area contributed by atoms with Gasteiger partial charge in [-0.25, -0.2) is 0 Å². The third kappa shape index (κ3) is 4.78. The van der Waals surface area contributed by atoms with Crippen LogP contribution in [0.3, 0.4) is 0 Å². The SMILES string of the molecule is CCC(=O)N(c1nnc(S[C@@H](C)C(=O)Nc2ccccc2OC)s1)C1CC1. The van der Waals surface area contributed by atoms with Gasteiger partial charge in [0, 0.05) is 12.5 Å². The molecule has 2 aromatic rings. The average Bonchev–Trinajstić information content (AvgIpc) is 3.40. The van der Waals surface area contributed by atoms with Gasteiger partial charge in [0.25, 0.3) is 0 Å². The maximum Gasteiger partial charge on any atom is 0.237 e. The lowest BCUT2D eigenvalue weighted by molar-refractivity contribution is -0.118. The molecule has 1 atom stereocenters. The molecule has 1 aromatic heterocycles. The van der Waals surface area contributed by atoms with Crippen LogP contribution in [0.2, 0.25) is 0 Å². The van der Waals surface area contributed by atoms with Crippen LogP contribution in [0.25, 0.3) is 0 Å². The summed E-state index contributed by atoms with van der Waals surface area (Å²) in [6, 6.07) is 7.51. The number of carbonyl (C=O) groups is 2. The standard InChI is InChI=1S/C18H22N4O3S2/c1-4-15(23)22(12-9-10-12)17-20-21-18(27-17)26-11(2)16(24)19-13-7-5-6-8-14(13)25-3/h5-8,11-12H,4,9-10H2,1-3H3,(H,19,24)/t11-/m0/s1. The van der Waals surface area contributed by atoms with E-state index >= 15 is 0 Å². The summed E-state index contributed by atoms with van der Waals surface area (Å²) in [6.45, 7) is 3.66. The number of hydrogen-bond donors (Lipinski definition) is 1. The van der Waals surface area contributed by atoms with Gasteiger partial charge in [-0.2, -0.15) is 0 Å². The summed E-state index contributed by atoms with van der Waals surface area (Å²) in [5, 5.41) is 11.5. The Hall–Kier alpha value is -2.13. The topological polar surface area (TPSA) is 84.4 Å². The molecule has 0 unspecified atom stereocenters. The van der Waals surface area contributed by atoms with Crippen LogP contribution in [0, 0.1) is 0 Å². The van der Waals surface area contributed by atoms with E-state index in [1.165, 1.54) is 23.1 Å². The molecule has 27 heavy (non-hydrogen) atoms. The molecule has 7 nitrogen and oxygen atoms in total. The van der Waals surface area contributed by atoms with Gasteiger partial charge in [0.15, 0.2) is 4.34 Å².